The van der Waals surface area contributed by atoms with Gasteiger partial charge in [0.1, 0.15) is 0 Å². The molecule has 2 N–H and O–H groups in total. The van der Waals surface area contributed by atoms with Crippen LogP contribution in [0.3, 0.4) is 0 Å². The van der Waals surface area contributed by atoms with Crippen LogP contribution in [0.4, 0.5) is 0 Å². The van der Waals surface area contributed by atoms with Crippen molar-refractivity contribution >= 4 is 11.8 Å². The summed E-state index contributed by atoms with van der Waals surface area (Å²) in [6.07, 6.45) is 9.95. The van der Waals surface area contributed by atoms with E-state index in [1.165, 1.54) is 5.57 Å². The lowest BCUT2D eigenvalue weighted by Crippen LogP contribution is -2.66. The van der Waals surface area contributed by atoms with Crippen LogP contribution in [0.2, 0.25) is 0 Å². The lowest BCUT2D eigenvalue weighted by atomic mass is 9.33. The van der Waals surface area contributed by atoms with Gasteiger partial charge in [-0.1, -0.05) is 47.1 Å². The summed E-state index contributed by atoms with van der Waals surface area (Å²) in [5.41, 5.74) is 0.142. The van der Waals surface area contributed by atoms with Crippen LogP contribution in [0.25, 0.3) is 0 Å². The number of aliphatic carboxylic acids is 1. The van der Waals surface area contributed by atoms with Gasteiger partial charge in [0.05, 0.1) is 11.5 Å². The van der Waals surface area contributed by atoms with Crippen LogP contribution in [-0.2, 0) is 9.59 Å². The molecule has 0 aliphatic heterocycles. The molecule has 4 saturated carbocycles. The summed E-state index contributed by atoms with van der Waals surface area (Å²) < 4.78 is 0. The van der Waals surface area contributed by atoms with Gasteiger partial charge in [0.15, 0.2) is 5.78 Å². The van der Waals surface area contributed by atoms with Gasteiger partial charge in [-0.3, -0.25) is 9.59 Å². The van der Waals surface area contributed by atoms with E-state index in [1.807, 2.05) is 13.0 Å². The molecule has 0 aromatic heterocycles. The quantitative estimate of drug-likeness (QED) is 0.464. The first-order valence-corrected chi connectivity index (χ1v) is 13.7. The molecule has 9 atom stereocenters. The highest BCUT2D eigenvalue weighted by Crippen LogP contribution is 2.75. The second-order valence-electron chi connectivity index (χ2n) is 14.9. The topological polar surface area (TPSA) is 74.6 Å². The Kier molecular flexibility index (Phi) is 5.04. The molecule has 0 heterocycles. The minimum absolute atomic E-state index is 0.0296. The van der Waals surface area contributed by atoms with Crippen molar-refractivity contribution in [2.45, 2.75) is 112 Å². The number of aliphatic hydroxyl groups excluding tert-OH is 1. The maximum Gasteiger partial charge on any atom is 0.309 e. The summed E-state index contributed by atoms with van der Waals surface area (Å²) in [5.74, 6) is 0.0603. The monoisotopic (exact) mass is 470 g/mol. The number of ketones is 1. The predicted octanol–water partition coefficient (Wildman–Crippen LogP) is 6.41. The molecule has 190 valence electrons. The molecule has 0 saturated heterocycles. The molecule has 0 radical (unpaired) electrons. The van der Waals surface area contributed by atoms with Crippen LogP contribution >= 0.6 is 0 Å². The van der Waals surface area contributed by atoms with Gasteiger partial charge in [0.2, 0.25) is 0 Å². The number of carboxylic acids is 1. The van der Waals surface area contributed by atoms with Crippen LogP contribution in [0.15, 0.2) is 11.6 Å². The fraction of sp³-hybridized carbons (Fsp3) is 0.867. The first kappa shape index (κ1) is 24.5. The number of allylic oxidation sites excluding steroid dienone is 2. The number of fused-ring (bicyclic) bond motifs is 7. The van der Waals surface area contributed by atoms with E-state index >= 15 is 0 Å². The number of carbonyl (C=O) groups excluding carboxylic acids is 1. The van der Waals surface area contributed by atoms with Crippen LogP contribution in [0, 0.1) is 50.2 Å². The molecule has 0 amide bonds. The minimum Gasteiger partial charge on any atom is -0.481 e. The third-order valence-corrected chi connectivity index (χ3v) is 13.1. The van der Waals surface area contributed by atoms with Crippen molar-refractivity contribution in [3.05, 3.63) is 11.6 Å². The molecule has 4 nitrogen and oxygen atoms in total. The number of aliphatic hydroxyl groups is 1. The van der Waals surface area contributed by atoms with Crippen LogP contribution in [-0.4, -0.2) is 28.1 Å². The largest absolute Gasteiger partial charge is 0.481 e. The van der Waals surface area contributed by atoms with E-state index in [1.54, 1.807) is 0 Å². The van der Waals surface area contributed by atoms with Crippen LogP contribution < -0.4 is 0 Å². The normalized spacial score (nSPS) is 54.1. The van der Waals surface area contributed by atoms with Gasteiger partial charge in [-0.25, -0.2) is 0 Å². The van der Waals surface area contributed by atoms with Gasteiger partial charge in [0, 0.05) is 5.92 Å². The second kappa shape index (κ2) is 6.99. The van der Waals surface area contributed by atoms with Crippen molar-refractivity contribution in [3.8, 4) is 0 Å². The summed E-state index contributed by atoms with van der Waals surface area (Å²) in [4.78, 5) is 26.4. The summed E-state index contributed by atoms with van der Waals surface area (Å²) in [7, 11) is 0. The molecule has 0 aromatic carbocycles. The maximum absolute atomic E-state index is 14.2. The fourth-order valence-electron chi connectivity index (χ4n) is 10.4. The van der Waals surface area contributed by atoms with Crippen LogP contribution in [0.1, 0.15) is 106 Å². The summed E-state index contributed by atoms with van der Waals surface area (Å²) >= 11 is 0. The molecular formula is C30H46O4. The summed E-state index contributed by atoms with van der Waals surface area (Å²) in [6, 6.07) is 0. The molecule has 5 aliphatic carbocycles. The van der Waals surface area contributed by atoms with Gasteiger partial charge in [0.25, 0.3) is 0 Å². The number of hydrogen-bond donors (Lipinski definition) is 2. The first-order chi connectivity index (χ1) is 15.6. The maximum atomic E-state index is 14.2. The Hall–Kier alpha value is -1.16. The van der Waals surface area contributed by atoms with E-state index in [4.69, 9.17) is 0 Å². The Balaban J connectivity index is 1.62. The summed E-state index contributed by atoms with van der Waals surface area (Å²) in [5, 5.41) is 20.9. The summed E-state index contributed by atoms with van der Waals surface area (Å²) in [6.45, 7) is 15.8. The molecule has 34 heavy (non-hydrogen) atoms. The molecule has 2 unspecified atom stereocenters. The van der Waals surface area contributed by atoms with Gasteiger partial charge in [-0.05, 0) is 110 Å². The molecule has 0 spiro atoms. The first-order valence-electron chi connectivity index (χ1n) is 13.7. The highest BCUT2D eigenvalue weighted by Gasteiger charge is 2.70. The zero-order valence-corrected chi connectivity index (χ0v) is 22.5. The smallest absolute Gasteiger partial charge is 0.309 e. The van der Waals surface area contributed by atoms with Gasteiger partial charge < -0.3 is 10.2 Å². The van der Waals surface area contributed by atoms with Crippen molar-refractivity contribution < 1.29 is 19.8 Å². The van der Waals surface area contributed by atoms with Crippen molar-refractivity contribution in [2.75, 3.05) is 0 Å². The van der Waals surface area contributed by atoms with Gasteiger partial charge in [-0.15, -0.1) is 0 Å². The molecular weight excluding hydrogens is 424 g/mol. The average Bonchev–Trinajstić information content (AvgIpc) is 2.73. The van der Waals surface area contributed by atoms with Gasteiger partial charge in [-0.2, -0.15) is 0 Å². The fourth-order valence-corrected chi connectivity index (χ4v) is 10.4. The van der Waals surface area contributed by atoms with Gasteiger partial charge >= 0.3 is 5.97 Å². The highest BCUT2D eigenvalue weighted by molar-refractivity contribution is 5.95. The van der Waals surface area contributed by atoms with Crippen molar-refractivity contribution in [1.29, 1.82) is 0 Å². The Morgan fingerprint density at radius 1 is 0.912 bits per heavy atom. The highest BCUT2D eigenvalue weighted by atomic mass is 16.4. The molecule has 4 fully saturated rings. The molecule has 0 aromatic rings. The molecule has 5 aliphatic rings. The Labute approximate surface area is 206 Å². The lowest BCUT2D eigenvalue weighted by molar-refractivity contribution is -0.202. The van der Waals surface area contributed by atoms with Crippen molar-refractivity contribution in [3.63, 3.8) is 0 Å². The van der Waals surface area contributed by atoms with E-state index in [0.29, 0.717) is 12.3 Å². The molecule has 4 heteroatoms. The predicted molar refractivity (Wildman–Crippen MR) is 133 cm³/mol. The van der Waals surface area contributed by atoms with E-state index in [0.717, 1.165) is 51.4 Å². The SMILES string of the molecule is CC1(C)C(O)CC[C@@]2(C)C1CC[C@]1(C)[C@@H]2C(=O)C=C2[C@@H]3C[C@@](C)(C(=O)O)CC[C@]3(C)CC[C@]21C. The third-order valence-electron chi connectivity index (χ3n) is 13.1. The van der Waals surface area contributed by atoms with E-state index in [9.17, 15) is 19.8 Å². The number of carboxylic acid groups (broad SMARTS) is 1. The lowest BCUT2D eigenvalue weighted by Gasteiger charge is -2.70. The Morgan fingerprint density at radius 2 is 1.56 bits per heavy atom. The third kappa shape index (κ3) is 2.81. The van der Waals surface area contributed by atoms with Crippen LogP contribution in [0.5, 0.6) is 0 Å². The number of hydrogen-bond acceptors (Lipinski definition) is 3. The zero-order chi connectivity index (χ0) is 25.1. The second-order valence-corrected chi connectivity index (χ2v) is 14.9. The number of carbonyl (C=O) groups is 2. The molecule has 0 bridgehead atoms. The average molecular weight is 471 g/mol. The Bertz CT molecular complexity index is 965. The number of rotatable bonds is 1. The molecule has 5 rings (SSSR count). The van der Waals surface area contributed by atoms with E-state index in [-0.39, 0.29) is 50.8 Å². The Morgan fingerprint density at radius 3 is 2.21 bits per heavy atom. The van der Waals surface area contributed by atoms with E-state index in [2.05, 4.69) is 41.5 Å². The zero-order valence-electron chi connectivity index (χ0n) is 22.5. The minimum atomic E-state index is -0.711. The standard InChI is InChI=1S/C30H46O4/c1-25(2)21-8-11-30(7)23(28(21,5)10-9-22(25)32)20(31)16-18-19-17-27(4,24(33)34)13-12-26(19,3)14-15-29(18,30)6/h16,19,21-23,32H,8-15,17H2,1-7H3,(H,33,34)/t19-,21?,22?,23+,26+,27-,28-,29+,30+/m0/s1. The van der Waals surface area contributed by atoms with Crippen molar-refractivity contribution in [2.24, 2.45) is 50.2 Å². The van der Waals surface area contributed by atoms with Crippen molar-refractivity contribution in [1.82, 2.24) is 0 Å². The van der Waals surface area contributed by atoms with E-state index < -0.39 is 11.4 Å².